The molecule has 134 valence electrons. The van der Waals surface area contributed by atoms with E-state index in [9.17, 15) is 9.59 Å². The fraction of sp³-hybridized carbons (Fsp3) is 0.238. The van der Waals surface area contributed by atoms with Gasteiger partial charge in [0.25, 0.3) is 5.91 Å². The molecular formula is C21H21NO3S. The summed E-state index contributed by atoms with van der Waals surface area (Å²) in [6.45, 7) is 2.52. The fourth-order valence-corrected chi connectivity index (χ4v) is 3.85. The quantitative estimate of drug-likeness (QED) is 0.601. The predicted octanol–water partition coefficient (Wildman–Crippen LogP) is 4.16. The van der Waals surface area contributed by atoms with Crippen molar-refractivity contribution in [3.63, 3.8) is 0 Å². The van der Waals surface area contributed by atoms with Crippen molar-refractivity contribution in [3.8, 4) is 0 Å². The van der Waals surface area contributed by atoms with E-state index in [0.29, 0.717) is 11.8 Å². The van der Waals surface area contributed by atoms with Crippen molar-refractivity contribution in [1.29, 1.82) is 0 Å². The topological polar surface area (TPSA) is 46.6 Å². The maximum absolute atomic E-state index is 12.6. The molecule has 2 aromatic carbocycles. The van der Waals surface area contributed by atoms with Gasteiger partial charge in [-0.2, -0.15) is 0 Å². The molecule has 5 heteroatoms. The lowest BCUT2D eigenvalue weighted by atomic mass is 10.2. The highest BCUT2D eigenvalue weighted by Gasteiger charge is 2.24. The molecule has 0 saturated heterocycles. The summed E-state index contributed by atoms with van der Waals surface area (Å²) in [4.78, 5) is 27.3. The molecule has 1 atom stereocenters. The molecule has 1 amide bonds. The smallest absolute Gasteiger partial charge is 0.331 e. The molecule has 4 nitrogen and oxygen atoms in total. The first kappa shape index (κ1) is 18.3. The van der Waals surface area contributed by atoms with Gasteiger partial charge < -0.3 is 9.64 Å². The van der Waals surface area contributed by atoms with Crippen LogP contribution in [0, 0.1) is 0 Å². The normalized spacial score (nSPS) is 16.8. The molecule has 3 rings (SSSR count). The van der Waals surface area contributed by atoms with E-state index in [1.165, 1.54) is 6.08 Å². The Labute approximate surface area is 157 Å². The molecule has 1 aliphatic rings. The molecule has 0 aliphatic carbocycles. The first-order chi connectivity index (χ1) is 12.6. The van der Waals surface area contributed by atoms with Gasteiger partial charge in [0.2, 0.25) is 0 Å². The number of hydrogen-bond donors (Lipinski definition) is 0. The zero-order valence-electron chi connectivity index (χ0n) is 14.6. The number of fused-ring (bicyclic) bond motifs is 1. The number of hydrogen-bond acceptors (Lipinski definition) is 4. The van der Waals surface area contributed by atoms with Gasteiger partial charge >= 0.3 is 5.97 Å². The first-order valence-corrected chi connectivity index (χ1v) is 9.47. The molecule has 0 radical (unpaired) electrons. The number of esters is 1. The van der Waals surface area contributed by atoms with Crippen LogP contribution in [-0.2, 0) is 14.3 Å². The van der Waals surface area contributed by atoms with Gasteiger partial charge in [0, 0.05) is 22.8 Å². The van der Waals surface area contributed by atoms with Crippen molar-refractivity contribution >= 4 is 35.4 Å². The van der Waals surface area contributed by atoms with Crippen LogP contribution in [-0.4, -0.2) is 30.3 Å². The van der Waals surface area contributed by atoms with Gasteiger partial charge in [-0.15, -0.1) is 11.8 Å². The van der Waals surface area contributed by atoms with Crippen LogP contribution in [0.3, 0.4) is 0 Å². The molecule has 1 unspecified atom stereocenters. The molecule has 1 heterocycles. The molecule has 0 spiro atoms. The largest absolute Gasteiger partial charge is 0.452 e. The lowest BCUT2D eigenvalue weighted by Gasteiger charge is -2.22. The van der Waals surface area contributed by atoms with Crippen molar-refractivity contribution in [2.45, 2.75) is 23.5 Å². The Balaban J connectivity index is 1.61. The van der Waals surface area contributed by atoms with E-state index < -0.39 is 5.97 Å². The number of carbonyl (C=O) groups is 2. The van der Waals surface area contributed by atoms with Gasteiger partial charge in [-0.1, -0.05) is 49.4 Å². The summed E-state index contributed by atoms with van der Waals surface area (Å²) in [7, 11) is 0. The molecule has 2 aromatic rings. The highest BCUT2D eigenvalue weighted by molar-refractivity contribution is 8.00. The van der Waals surface area contributed by atoms with E-state index in [1.807, 2.05) is 54.6 Å². The average molecular weight is 367 g/mol. The third kappa shape index (κ3) is 4.76. The minimum absolute atomic E-state index is 0.200. The Morgan fingerprint density at radius 1 is 1.15 bits per heavy atom. The lowest BCUT2D eigenvalue weighted by Crippen LogP contribution is -2.35. The van der Waals surface area contributed by atoms with Crippen molar-refractivity contribution in [1.82, 2.24) is 0 Å². The second kappa shape index (κ2) is 8.72. The predicted molar refractivity (Wildman–Crippen MR) is 105 cm³/mol. The maximum Gasteiger partial charge on any atom is 0.331 e. The van der Waals surface area contributed by atoms with Gasteiger partial charge in [-0.25, -0.2) is 4.79 Å². The Hall–Kier alpha value is -2.53. The van der Waals surface area contributed by atoms with Crippen molar-refractivity contribution in [3.05, 3.63) is 66.2 Å². The summed E-state index contributed by atoms with van der Waals surface area (Å²) < 4.78 is 5.14. The van der Waals surface area contributed by atoms with Crippen LogP contribution < -0.4 is 4.90 Å². The first-order valence-electron chi connectivity index (χ1n) is 8.59. The molecule has 0 N–H and O–H groups in total. The number of anilines is 1. The fourth-order valence-electron chi connectivity index (χ4n) is 2.73. The molecule has 1 aliphatic heterocycles. The molecule has 0 saturated carbocycles. The van der Waals surface area contributed by atoms with E-state index in [1.54, 1.807) is 22.7 Å². The Kier molecular flexibility index (Phi) is 6.12. The lowest BCUT2D eigenvalue weighted by molar-refractivity contribution is -0.142. The number of benzene rings is 2. The van der Waals surface area contributed by atoms with Crippen LogP contribution >= 0.6 is 11.8 Å². The Morgan fingerprint density at radius 2 is 1.88 bits per heavy atom. The highest BCUT2D eigenvalue weighted by atomic mass is 32.2. The monoisotopic (exact) mass is 367 g/mol. The van der Waals surface area contributed by atoms with Gasteiger partial charge in [0.15, 0.2) is 6.61 Å². The van der Waals surface area contributed by atoms with E-state index in [2.05, 4.69) is 6.92 Å². The Bertz CT molecular complexity index is 804. The zero-order chi connectivity index (χ0) is 18.4. The minimum atomic E-state index is -0.520. The van der Waals surface area contributed by atoms with E-state index in [-0.39, 0.29) is 12.5 Å². The third-order valence-corrected chi connectivity index (χ3v) is 5.33. The summed E-state index contributed by atoms with van der Waals surface area (Å²) in [5.74, 6) is -0.721. The summed E-state index contributed by atoms with van der Waals surface area (Å²) >= 11 is 1.77. The second-order valence-electron chi connectivity index (χ2n) is 6.08. The summed E-state index contributed by atoms with van der Waals surface area (Å²) in [5, 5.41) is 0.435. The average Bonchev–Trinajstić information content (AvgIpc) is 2.83. The molecule has 26 heavy (non-hydrogen) atoms. The number of ether oxygens (including phenoxy) is 1. The van der Waals surface area contributed by atoms with E-state index in [0.717, 1.165) is 22.6 Å². The van der Waals surface area contributed by atoms with Crippen LogP contribution in [0.4, 0.5) is 5.69 Å². The van der Waals surface area contributed by atoms with Crippen LogP contribution in [0.1, 0.15) is 18.9 Å². The van der Waals surface area contributed by atoms with Crippen LogP contribution in [0.15, 0.2) is 65.6 Å². The van der Waals surface area contributed by atoms with Crippen LogP contribution in [0.5, 0.6) is 0 Å². The number of carbonyl (C=O) groups excluding carboxylic acids is 2. The Morgan fingerprint density at radius 3 is 2.69 bits per heavy atom. The van der Waals surface area contributed by atoms with Crippen LogP contribution in [0.25, 0.3) is 6.08 Å². The summed E-state index contributed by atoms with van der Waals surface area (Å²) in [6, 6.07) is 17.3. The molecule has 0 aromatic heterocycles. The maximum atomic E-state index is 12.6. The molecular weight excluding hydrogens is 346 g/mol. The standard InChI is InChI=1S/C21H21NO3S/c1-16-13-14-22(18-9-5-6-10-19(18)26-16)20(23)15-25-21(24)12-11-17-7-3-2-4-8-17/h2-12,16H,13-15H2,1H3/b12-11+. The number of thioether (sulfide) groups is 1. The molecule has 0 fully saturated rings. The van der Waals surface area contributed by atoms with Crippen molar-refractivity contribution in [2.24, 2.45) is 0 Å². The number of amides is 1. The SMILES string of the molecule is CC1CCN(C(=O)COC(=O)/C=C/c2ccccc2)c2ccccc2S1. The second-order valence-corrected chi connectivity index (χ2v) is 7.56. The third-order valence-electron chi connectivity index (χ3n) is 4.09. The van der Waals surface area contributed by atoms with Crippen molar-refractivity contribution < 1.29 is 14.3 Å². The van der Waals surface area contributed by atoms with Crippen molar-refractivity contribution in [2.75, 3.05) is 18.1 Å². The zero-order valence-corrected chi connectivity index (χ0v) is 15.4. The number of nitrogens with zero attached hydrogens (tertiary/aromatic N) is 1. The highest BCUT2D eigenvalue weighted by Crippen LogP contribution is 2.37. The summed E-state index contributed by atoms with van der Waals surface area (Å²) in [6.07, 6.45) is 3.91. The van der Waals surface area contributed by atoms with Gasteiger partial charge in [-0.05, 0) is 30.2 Å². The number of rotatable bonds is 4. The summed E-state index contributed by atoms with van der Waals surface area (Å²) in [5.41, 5.74) is 1.80. The van der Waals surface area contributed by atoms with Gasteiger partial charge in [0.05, 0.1) is 5.69 Å². The van der Waals surface area contributed by atoms with Gasteiger partial charge in [-0.3, -0.25) is 4.79 Å². The van der Waals surface area contributed by atoms with E-state index >= 15 is 0 Å². The molecule has 0 bridgehead atoms. The van der Waals surface area contributed by atoms with E-state index in [4.69, 9.17) is 4.74 Å². The van der Waals surface area contributed by atoms with Crippen LogP contribution in [0.2, 0.25) is 0 Å². The number of para-hydroxylation sites is 1. The minimum Gasteiger partial charge on any atom is -0.452 e. The van der Waals surface area contributed by atoms with Gasteiger partial charge in [0.1, 0.15) is 0 Å².